The molecule has 11 heteroatoms. The van der Waals surface area contributed by atoms with Crippen LogP contribution in [-0.2, 0) is 9.53 Å². The second-order valence-electron chi connectivity index (χ2n) is 10.5. The predicted octanol–water partition coefficient (Wildman–Crippen LogP) is 8.43. The van der Waals surface area contributed by atoms with E-state index in [0.29, 0.717) is 38.2 Å². The molecule has 3 N–H and O–H groups in total. The molecule has 40 heavy (non-hydrogen) atoms. The van der Waals surface area contributed by atoms with Crippen molar-refractivity contribution in [2.45, 2.75) is 43.5 Å². The lowest BCUT2D eigenvalue weighted by Crippen LogP contribution is -2.27. The van der Waals surface area contributed by atoms with Crippen LogP contribution in [0.25, 0.3) is 0 Å². The van der Waals surface area contributed by atoms with Gasteiger partial charge in [0, 0.05) is 38.6 Å². The Labute approximate surface area is 252 Å². The minimum Gasteiger partial charge on any atom is -0.444 e. The molecule has 1 aliphatic carbocycles. The topological polar surface area (TPSA) is 96.5 Å². The van der Waals surface area contributed by atoms with E-state index in [4.69, 9.17) is 51.1 Å². The van der Waals surface area contributed by atoms with Crippen LogP contribution >= 0.6 is 46.4 Å². The summed E-state index contributed by atoms with van der Waals surface area (Å²) in [4.78, 5) is 38.1. The summed E-state index contributed by atoms with van der Waals surface area (Å²) in [6.45, 7) is 7.14. The van der Waals surface area contributed by atoms with Gasteiger partial charge in [0.1, 0.15) is 9.93 Å². The summed E-state index contributed by atoms with van der Waals surface area (Å²) >= 11 is 25.1. The molecule has 1 saturated carbocycles. The average molecular weight is 623 g/mol. The van der Waals surface area contributed by atoms with Crippen molar-refractivity contribution >= 4 is 81.4 Å². The van der Waals surface area contributed by atoms with Crippen LogP contribution in [0, 0.1) is 12.8 Å². The number of alkyl halides is 2. The van der Waals surface area contributed by atoms with Crippen molar-refractivity contribution in [2.24, 2.45) is 5.92 Å². The minimum atomic E-state index is -1.32. The van der Waals surface area contributed by atoms with E-state index < -0.39 is 33.8 Å². The first-order chi connectivity index (χ1) is 18.6. The summed E-state index contributed by atoms with van der Waals surface area (Å²) in [6.07, 6.45) is -0.572. The average Bonchev–Trinajstić information content (AvgIpc) is 3.41. The van der Waals surface area contributed by atoms with E-state index >= 15 is 0 Å². The molecule has 3 aromatic carbocycles. The maximum Gasteiger partial charge on any atom is 0.412 e. The number of nitrogens with one attached hydrogen (secondary N) is 3. The first-order valence-corrected chi connectivity index (χ1v) is 13.8. The second kappa shape index (κ2) is 11.5. The van der Waals surface area contributed by atoms with Crippen LogP contribution in [-0.4, -0.2) is 27.8 Å². The number of aryl methyl sites for hydroxylation is 1. The zero-order valence-electron chi connectivity index (χ0n) is 22.1. The lowest BCUT2D eigenvalue weighted by atomic mass is 10.1. The molecule has 3 amide bonds. The van der Waals surface area contributed by atoms with Crippen molar-refractivity contribution in [3.05, 3.63) is 87.4 Å². The summed E-state index contributed by atoms with van der Waals surface area (Å²) in [5.74, 6) is -2.01. The van der Waals surface area contributed by atoms with Gasteiger partial charge in [-0.25, -0.2) is 4.79 Å². The van der Waals surface area contributed by atoms with E-state index in [9.17, 15) is 14.4 Å². The molecule has 0 aromatic heterocycles. The van der Waals surface area contributed by atoms with Gasteiger partial charge in [0.2, 0.25) is 5.91 Å². The number of rotatable bonds is 6. The van der Waals surface area contributed by atoms with Gasteiger partial charge in [0.15, 0.2) is 0 Å². The van der Waals surface area contributed by atoms with Gasteiger partial charge in [-0.3, -0.25) is 14.9 Å². The number of ether oxygens (including phenoxy) is 1. The smallest absolute Gasteiger partial charge is 0.412 e. The van der Waals surface area contributed by atoms with E-state index in [0.717, 1.165) is 5.56 Å². The van der Waals surface area contributed by atoms with E-state index in [1.807, 2.05) is 0 Å². The Bertz CT molecular complexity index is 1470. The Morgan fingerprint density at radius 1 is 0.850 bits per heavy atom. The molecule has 0 aliphatic heterocycles. The van der Waals surface area contributed by atoms with Crippen LogP contribution < -0.4 is 16.0 Å². The number of amides is 3. The highest BCUT2D eigenvalue weighted by atomic mass is 35.5. The van der Waals surface area contributed by atoms with E-state index in [1.165, 1.54) is 0 Å². The fourth-order valence-corrected chi connectivity index (χ4v) is 5.65. The van der Waals surface area contributed by atoms with Gasteiger partial charge < -0.3 is 15.4 Å². The molecular weight excluding hydrogens is 596 g/mol. The standard InChI is InChI=1S/C29H27Cl4N3O4/c1-15-10-21(35-27(39)40-28(2,3)4)8-9-22(15)36-25(37)16-6-5-7-20(13-16)34-26(38)24-23(29(24,32)33)17-11-18(30)14-19(31)12-17/h5-14,23-24H,1-4H3,(H,34,38)(H,35,39)(H,36,37). The van der Waals surface area contributed by atoms with Crippen molar-refractivity contribution in [3.63, 3.8) is 0 Å². The number of hydrogen-bond donors (Lipinski definition) is 3. The maximum absolute atomic E-state index is 13.1. The van der Waals surface area contributed by atoms with Crippen LogP contribution in [0.4, 0.5) is 21.9 Å². The SMILES string of the molecule is Cc1cc(NC(=O)OC(C)(C)C)ccc1NC(=O)c1cccc(NC(=O)C2C(c3cc(Cl)cc(Cl)c3)C2(Cl)Cl)c1. The number of benzene rings is 3. The number of hydrogen-bond acceptors (Lipinski definition) is 4. The molecule has 3 aromatic rings. The normalized spacial score (nSPS) is 17.5. The number of halogens is 4. The molecule has 210 valence electrons. The van der Waals surface area contributed by atoms with Crippen molar-refractivity contribution in [1.29, 1.82) is 0 Å². The Morgan fingerprint density at radius 3 is 2.12 bits per heavy atom. The van der Waals surface area contributed by atoms with Crippen molar-refractivity contribution < 1.29 is 19.1 Å². The highest BCUT2D eigenvalue weighted by Gasteiger charge is 2.67. The summed E-state index contributed by atoms with van der Waals surface area (Å²) in [5, 5.41) is 9.15. The molecule has 2 atom stereocenters. The van der Waals surface area contributed by atoms with Crippen molar-refractivity contribution in [1.82, 2.24) is 0 Å². The minimum absolute atomic E-state index is 0.324. The third kappa shape index (κ3) is 7.21. The molecule has 4 rings (SSSR count). The predicted molar refractivity (Wildman–Crippen MR) is 161 cm³/mol. The van der Waals surface area contributed by atoms with Crippen molar-refractivity contribution in [2.75, 3.05) is 16.0 Å². The van der Waals surface area contributed by atoms with Gasteiger partial charge in [-0.1, -0.05) is 29.3 Å². The first-order valence-electron chi connectivity index (χ1n) is 12.3. The van der Waals surface area contributed by atoms with Crippen LogP contribution in [0.2, 0.25) is 10.0 Å². The molecule has 0 bridgehead atoms. The fraction of sp³-hybridized carbons (Fsp3) is 0.276. The molecule has 0 radical (unpaired) electrons. The van der Waals surface area contributed by atoms with Crippen LogP contribution in [0.15, 0.2) is 60.7 Å². The Balaban J connectivity index is 1.41. The molecule has 1 fully saturated rings. The fourth-order valence-electron chi connectivity index (χ4n) is 4.28. The molecule has 0 saturated heterocycles. The van der Waals surface area contributed by atoms with Gasteiger partial charge in [-0.05, 0) is 93.4 Å². The molecule has 0 spiro atoms. The van der Waals surface area contributed by atoms with E-state index in [2.05, 4.69) is 16.0 Å². The molecule has 2 unspecified atom stereocenters. The van der Waals surface area contributed by atoms with Gasteiger partial charge in [0.25, 0.3) is 5.91 Å². The summed E-state index contributed by atoms with van der Waals surface area (Å²) < 4.78 is 3.94. The van der Waals surface area contributed by atoms with Crippen LogP contribution in [0.3, 0.4) is 0 Å². The van der Waals surface area contributed by atoms with Crippen LogP contribution in [0.5, 0.6) is 0 Å². The first kappa shape index (κ1) is 30.0. The largest absolute Gasteiger partial charge is 0.444 e. The van der Waals surface area contributed by atoms with Crippen LogP contribution in [0.1, 0.15) is 48.2 Å². The summed E-state index contributed by atoms with van der Waals surface area (Å²) in [5.41, 5.74) is 2.59. The van der Waals surface area contributed by atoms with Gasteiger partial charge >= 0.3 is 6.09 Å². The van der Waals surface area contributed by atoms with Gasteiger partial charge in [0.05, 0.1) is 5.92 Å². The highest BCUT2D eigenvalue weighted by molar-refractivity contribution is 6.53. The Kier molecular flexibility index (Phi) is 8.62. The lowest BCUT2D eigenvalue weighted by molar-refractivity contribution is -0.117. The third-order valence-corrected chi connectivity index (χ3v) is 7.47. The molecular formula is C29H27Cl4N3O4. The maximum atomic E-state index is 13.1. The molecule has 0 heterocycles. The molecule has 1 aliphatic rings. The Hall–Kier alpha value is -2.97. The van der Waals surface area contributed by atoms with E-state index in [1.54, 1.807) is 88.4 Å². The summed E-state index contributed by atoms with van der Waals surface area (Å²) in [7, 11) is 0. The number of carbonyl (C=O) groups excluding carboxylic acids is 3. The second-order valence-corrected chi connectivity index (χ2v) is 12.8. The lowest BCUT2D eigenvalue weighted by Gasteiger charge is -2.20. The monoisotopic (exact) mass is 621 g/mol. The highest BCUT2D eigenvalue weighted by Crippen LogP contribution is 2.65. The quantitative estimate of drug-likeness (QED) is 0.240. The zero-order valence-corrected chi connectivity index (χ0v) is 25.1. The number of carbonyl (C=O) groups is 3. The molecule has 7 nitrogen and oxygen atoms in total. The zero-order chi connectivity index (χ0) is 29.4. The van der Waals surface area contributed by atoms with Crippen molar-refractivity contribution in [3.8, 4) is 0 Å². The Morgan fingerprint density at radius 2 is 1.50 bits per heavy atom. The van der Waals surface area contributed by atoms with Gasteiger partial charge in [-0.2, -0.15) is 0 Å². The third-order valence-electron chi connectivity index (χ3n) is 6.09. The van der Waals surface area contributed by atoms with E-state index in [-0.39, 0.29) is 5.91 Å². The number of anilines is 3. The van der Waals surface area contributed by atoms with Gasteiger partial charge in [-0.15, -0.1) is 23.2 Å². The summed E-state index contributed by atoms with van der Waals surface area (Å²) in [6, 6.07) is 16.5.